The molecule has 41 heavy (non-hydrogen) atoms. The number of hydrogen-bond donors (Lipinski definition) is 0. The quantitative estimate of drug-likeness (QED) is 0.164. The van der Waals surface area contributed by atoms with Crippen molar-refractivity contribution in [1.82, 2.24) is 29.5 Å². The zero-order chi connectivity index (χ0) is 29.0. The minimum Gasteiger partial charge on any atom is -0.439 e. The Bertz CT molecular complexity index is 1480. The number of fused-ring (bicyclic) bond motifs is 1. The number of benzene rings is 1. The first-order valence-electron chi connectivity index (χ1n) is 14.2. The predicted molar refractivity (Wildman–Crippen MR) is 163 cm³/mol. The molecule has 1 amide bonds. The molecule has 0 radical (unpaired) electrons. The van der Waals surface area contributed by atoms with Crippen molar-refractivity contribution in [3.63, 3.8) is 0 Å². The van der Waals surface area contributed by atoms with Crippen molar-refractivity contribution >= 4 is 24.9 Å². The maximum Gasteiger partial charge on any atom is 0.219 e. The molecule has 3 aromatic heterocycles. The fourth-order valence-electron chi connectivity index (χ4n) is 4.98. The molecule has 5 rings (SSSR count). The maximum atomic E-state index is 11.4. The summed E-state index contributed by atoms with van der Waals surface area (Å²) in [4.78, 5) is 24.8. The molecule has 1 saturated heterocycles. The van der Waals surface area contributed by atoms with Crippen LogP contribution < -0.4 is 4.74 Å². The van der Waals surface area contributed by atoms with E-state index in [1.54, 1.807) is 19.3 Å². The minimum absolute atomic E-state index is 0.163. The van der Waals surface area contributed by atoms with Gasteiger partial charge in [0.1, 0.15) is 12.5 Å². The highest BCUT2D eigenvalue weighted by atomic mass is 28.3. The lowest BCUT2D eigenvalue weighted by Crippen LogP contribution is -2.52. The Morgan fingerprint density at radius 2 is 1.90 bits per heavy atom. The first kappa shape index (κ1) is 28.9. The van der Waals surface area contributed by atoms with Crippen LogP contribution in [-0.4, -0.2) is 76.8 Å². The standard InChI is InChI=1S/C31H40N6O3Si/c1-23(38)36-20-25(21-36)19-35(2)18-24-14-26-6-8-28(15-29(26)32-16-24)40-31-9-7-27(17-33-31)30-10-11-34-37(30)22-39-12-13-41(3,4)5/h6-11,14-17,25H,12-13,18-22H2,1-5H3. The number of aromatic nitrogens is 4. The third-order valence-corrected chi connectivity index (χ3v) is 9.02. The third kappa shape index (κ3) is 7.78. The molecule has 1 aromatic carbocycles. The number of ether oxygens (including phenoxy) is 2. The molecular weight excluding hydrogens is 532 g/mol. The number of hydrogen-bond acceptors (Lipinski definition) is 7. The second-order valence-corrected chi connectivity index (χ2v) is 17.9. The number of rotatable bonds is 12. The molecule has 4 aromatic rings. The van der Waals surface area contributed by atoms with E-state index in [1.807, 2.05) is 52.2 Å². The van der Waals surface area contributed by atoms with Crippen LogP contribution >= 0.6 is 0 Å². The monoisotopic (exact) mass is 572 g/mol. The number of carbonyl (C=O) groups is 1. The van der Waals surface area contributed by atoms with Gasteiger partial charge in [-0.15, -0.1) is 0 Å². The van der Waals surface area contributed by atoms with Gasteiger partial charge in [0, 0.05) is 95.4 Å². The summed E-state index contributed by atoms with van der Waals surface area (Å²) >= 11 is 0. The van der Waals surface area contributed by atoms with Crippen molar-refractivity contribution in [3.05, 3.63) is 66.6 Å². The fraction of sp³-hybridized carbons (Fsp3) is 0.419. The van der Waals surface area contributed by atoms with E-state index in [0.717, 1.165) is 66.6 Å². The van der Waals surface area contributed by atoms with Gasteiger partial charge in [0.05, 0.1) is 11.2 Å². The van der Waals surface area contributed by atoms with Gasteiger partial charge in [-0.3, -0.25) is 9.78 Å². The average Bonchev–Trinajstić information content (AvgIpc) is 3.37. The summed E-state index contributed by atoms with van der Waals surface area (Å²) in [6.45, 7) is 13.3. The van der Waals surface area contributed by atoms with Gasteiger partial charge in [-0.25, -0.2) is 9.67 Å². The molecule has 1 aliphatic heterocycles. The summed E-state index contributed by atoms with van der Waals surface area (Å²) in [7, 11) is 0.996. The van der Waals surface area contributed by atoms with E-state index < -0.39 is 8.07 Å². The number of nitrogens with zero attached hydrogens (tertiary/aromatic N) is 6. The Labute approximate surface area is 243 Å². The highest BCUT2D eigenvalue weighted by Crippen LogP contribution is 2.27. The van der Waals surface area contributed by atoms with Gasteiger partial charge < -0.3 is 19.3 Å². The summed E-state index contributed by atoms with van der Waals surface area (Å²) < 4.78 is 13.8. The molecule has 0 unspecified atom stereocenters. The Morgan fingerprint density at radius 3 is 2.63 bits per heavy atom. The van der Waals surface area contributed by atoms with E-state index in [1.165, 1.54) is 0 Å². The summed E-state index contributed by atoms with van der Waals surface area (Å²) in [5.41, 5.74) is 3.95. The molecule has 9 nitrogen and oxygen atoms in total. The zero-order valence-electron chi connectivity index (χ0n) is 24.7. The van der Waals surface area contributed by atoms with Gasteiger partial charge in [0.2, 0.25) is 11.8 Å². The highest BCUT2D eigenvalue weighted by molar-refractivity contribution is 6.76. The SMILES string of the molecule is CC(=O)N1CC(CN(C)Cc2cnc3cc(Oc4ccc(-c5ccnn5COCC[Si](C)(C)C)cn4)ccc3c2)C1. The Balaban J connectivity index is 1.16. The highest BCUT2D eigenvalue weighted by Gasteiger charge is 2.29. The Hall–Kier alpha value is -3.60. The molecule has 0 aliphatic carbocycles. The van der Waals surface area contributed by atoms with Crippen LogP contribution in [0.2, 0.25) is 25.7 Å². The van der Waals surface area contributed by atoms with Gasteiger partial charge in [-0.05, 0) is 49.0 Å². The molecule has 0 spiro atoms. The van der Waals surface area contributed by atoms with Crippen LogP contribution in [-0.2, 0) is 22.8 Å². The van der Waals surface area contributed by atoms with E-state index in [4.69, 9.17) is 9.47 Å². The average molecular weight is 573 g/mol. The lowest BCUT2D eigenvalue weighted by atomic mass is 9.99. The topological polar surface area (TPSA) is 85.6 Å². The minimum atomic E-state index is -1.12. The first-order valence-corrected chi connectivity index (χ1v) is 17.9. The number of carbonyl (C=O) groups excluding carboxylic acids is 1. The van der Waals surface area contributed by atoms with E-state index >= 15 is 0 Å². The smallest absolute Gasteiger partial charge is 0.219 e. The van der Waals surface area contributed by atoms with Gasteiger partial charge >= 0.3 is 0 Å². The number of amides is 1. The van der Waals surface area contributed by atoms with Crippen LogP contribution in [0.4, 0.5) is 0 Å². The van der Waals surface area contributed by atoms with Crippen molar-refractivity contribution in [2.24, 2.45) is 5.92 Å². The van der Waals surface area contributed by atoms with Crippen molar-refractivity contribution in [1.29, 1.82) is 0 Å². The predicted octanol–water partition coefficient (Wildman–Crippen LogP) is 5.51. The summed E-state index contributed by atoms with van der Waals surface area (Å²) in [5.74, 6) is 1.91. The van der Waals surface area contributed by atoms with Crippen LogP contribution in [0.1, 0.15) is 12.5 Å². The van der Waals surface area contributed by atoms with Crippen molar-refractivity contribution in [2.75, 3.05) is 33.3 Å². The molecule has 1 aliphatic rings. The number of pyridine rings is 2. The van der Waals surface area contributed by atoms with E-state index in [2.05, 4.69) is 52.7 Å². The second-order valence-electron chi connectivity index (χ2n) is 12.2. The lowest BCUT2D eigenvalue weighted by Gasteiger charge is -2.40. The lowest BCUT2D eigenvalue weighted by molar-refractivity contribution is -0.135. The summed E-state index contributed by atoms with van der Waals surface area (Å²) in [5, 5.41) is 5.48. The van der Waals surface area contributed by atoms with Gasteiger partial charge in [-0.2, -0.15) is 5.10 Å². The third-order valence-electron chi connectivity index (χ3n) is 7.32. The Kier molecular flexibility index (Phi) is 8.81. The zero-order valence-corrected chi connectivity index (χ0v) is 25.7. The molecule has 0 N–H and O–H groups in total. The molecule has 1 fully saturated rings. The number of likely N-dealkylation sites (tertiary alicyclic amines) is 1. The van der Waals surface area contributed by atoms with Crippen LogP contribution in [0.3, 0.4) is 0 Å². The Morgan fingerprint density at radius 1 is 1.07 bits per heavy atom. The normalized spacial score (nSPS) is 14.0. The summed E-state index contributed by atoms with van der Waals surface area (Å²) in [6, 6.07) is 15.1. The molecule has 0 bridgehead atoms. The van der Waals surface area contributed by atoms with Crippen LogP contribution in [0.15, 0.2) is 61.1 Å². The molecule has 0 atom stereocenters. The van der Waals surface area contributed by atoms with E-state index in [-0.39, 0.29) is 5.91 Å². The van der Waals surface area contributed by atoms with Crippen LogP contribution in [0, 0.1) is 5.92 Å². The summed E-state index contributed by atoms with van der Waals surface area (Å²) in [6.07, 6.45) is 5.51. The largest absolute Gasteiger partial charge is 0.439 e. The molecule has 0 saturated carbocycles. The molecular formula is C31H40N6O3Si. The van der Waals surface area contributed by atoms with Crippen LogP contribution in [0.25, 0.3) is 22.2 Å². The molecule has 10 heteroatoms. The van der Waals surface area contributed by atoms with E-state index in [0.29, 0.717) is 24.3 Å². The molecule has 4 heterocycles. The maximum absolute atomic E-state index is 11.4. The van der Waals surface area contributed by atoms with Gasteiger partial charge in [0.25, 0.3) is 0 Å². The van der Waals surface area contributed by atoms with Gasteiger partial charge in [0.15, 0.2) is 0 Å². The van der Waals surface area contributed by atoms with Gasteiger partial charge in [-0.1, -0.05) is 19.6 Å². The molecule has 216 valence electrons. The van der Waals surface area contributed by atoms with Crippen LogP contribution in [0.5, 0.6) is 11.6 Å². The van der Waals surface area contributed by atoms with Crippen molar-refractivity contribution < 1.29 is 14.3 Å². The van der Waals surface area contributed by atoms with Crippen molar-refractivity contribution in [2.45, 2.75) is 45.9 Å². The van der Waals surface area contributed by atoms with E-state index in [9.17, 15) is 4.79 Å². The second kappa shape index (κ2) is 12.5. The first-order chi connectivity index (χ1) is 19.6. The fourth-order valence-corrected chi connectivity index (χ4v) is 5.74. The van der Waals surface area contributed by atoms with Crippen molar-refractivity contribution in [3.8, 4) is 22.9 Å².